The summed E-state index contributed by atoms with van der Waals surface area (Å²) in [5.74, 6) is 0.662. The maximum atomic E-state index is 12.2. The first-order valence-electron chi connectivity index (χ1n) is 7.52. The van der Waals surface area contributed by atoms with Crippen molar-refractivity contribution in [2.24, 2.45) is 5.92 Å². The van der Waals surface area contributed by atoms with Crippen molar-refractivity contribution in [1.29, 1.82) is 0 Å². The Labute approximate surface area is 134 Å². The quantitative estimate of drug-likeness (QED) is 0.890. The minimum atomic E-state index is -0.210. The van der Waals surface area contributed by atoms with Crippen LogP contribution in [0.4, 0.5) is 11.4 Å². The summed E-state index contributed by atoms with van der Waals surface area (Å²) in [7, 11) is 1.56. The third kappa shape index (κ3) is 3.88. The molecule has 0 heterocycles. The van der Waals surface area contributed by atoms with Crippen molar-refractivity contribution in [3.8, 4) is 5.75 Å². The first kappa shape index (κ1) is 15.1. The van der Waals surface area contributed by atoms with Crippen LogP contribution >= 0.6 is 0 Å². The summed E-state index contributed by atoms with van der Waals surface area (Å²) in [6, 6.07) is 14.0. The molecule has 2 aromatic carbocycles. The van der Waals surface area contributed by atoms with Crippen molar-refractivity contribution in [1.82, 2.24) is 0 Å². The van der Waals surface area contributed by atoms with Crippen LogP contribution in [0.1, 0.15) is 23.2 Å². The second-order valence-corrected chi connectivity index (χ2v) is 5.53. The molecule has 0 aliphatic heterocycles. The van der Waals surface area contributed by atoms with Gasteiger partial charge in [0.15, 0.2) is 0 Å². The second kappa shape index (κ2) is 6.52. The standard InChI is InChI=1S/C18H18N2O3/c1-23-16-4-2-3-13(11-16)18(22)20-15-9-7-14(8-10-15)19-17(21)12-5-6-12/h2-4,7-12H,5-6H2,1H3,(H,19,21)(H,20,22). The van der Waals surface area contributed by atoms with Gasteiger partial charge in [0.2, 0.25) is 5.91 Å². The summed E-state index contributed by atoms with van der Waals surface area (Å²) in [5.41, 5.74) is 1.93. The SMILES string of the molecule is COc1cccc(C(=O)Nc2ccc(NC(=O)C3CC3)cc2)c1. The molecule has 0 spiro atoms. The molecule has 0 saturated heterocycles. The molecule has 23 heavy (non-hydrogen) atoms. The Balaban J connectivity index is 1.62. The summed E-state index contributed by atoms with van der Waals surface area (Å²) in [4.78, 5) is 23.9. The van der Waals surface area contributed by atoms with Crippen LogP contribution in [-0.4, -0.2) is 18.9 Å². The van der Waals surface area contributed by atoms with Crippen molar-refractivity contribution >= 4 is 23.2 Å². The lowest BCUT2D eigenvalue weighted by molar-refractivity contribution is -0.117. The van der Waals surface area contributed by atoms with E-state index in [2.05, 4.69) is 10.6 Å². The highest BCUT2D eigenvalue weighted by molar-refractivity contribution is 6.04. The van der Waals surface area contributed by atoms with E-state index in [4.69, 9.17) is 4.74 Å². The van der Waals surface area contributed by atoms with Crippen molar-refractivity contribution in [2.45, 2.75) is 12.8 Å². The van der Waals surface area contributed by atoms with Crippen molar-refractivity contribution < 1.29 is 14.3 Å². The number of ether oxygens (including phenoxy) is 1. The van der Waals surface area contributed by atoms with Gasteiger partial charge in [-0.05, 0) is 55.3 Å². The summed E-state index contributed by atoms with van der Waals surface area (Å²) in [6.45, 7) is 0. The van der Waals surface area contributed by atoms with Crippen LogP contribution in [0.25, 0.3) is 0 Å². The molecule has 3 rings (SSSR count). The number of amides is 2. The number of benzene rings is 2. The van der Waals surface area contributed by atoms with Gasteiger partial charge in [0.1, 0.15) is 5.75 Å². The van der Waals surface area contributed by atoms with E-state index in [9.17, 15) is 9.59 Å². The summed E-state index contributed by atoms with van der Waals surface area (Å²) < 4.78 is 5.11. The van der Waals surface area contributed by atoms with E-state index in [0.29, 0.717) is 17.0 Å². The van der Waals surface area contributed by atoms with Crippen LogP contribution in [0, 0.1) is 5.92 Å². The first-order valence-corrected chi connectivity index (χ1v) is 7.52. The number of carbonyl (C=O) groups is 2. The zero-order chi connectivity index (χ0) is 16.2. The number of carbonyl (C=O) groups excluding carboxylic acids is 2. The van der Waals surface area contributed by atoms with Crippen molar-refractivity contribution in [3.05, 3.63) is 54.1 Å². The molecule has 2 aromatic rings. The van der Waals surface area contributed by atoms with Crippen molar-refractivity contribution in [2.75, 3.05) is 17.7 Å². The highest BCUT2D eigenvalue weighted by Gasteiger charge is 2.29. The monoisotopic (exact) mass is 310 g/mol. The molecule has 1 fully saturated rings. The molecule has 2 N–H and O–H groups in total. The molecule has 0 bridgehead atoms. The van der Waals surface area contributed by atoms with E-state index < -0.39 is 0 Å². The van der Waals surface area contributed by atoms with Crippen LogP contribution in [0.2, 0.25) is 0 Å². The Bertz CT molecular complexity index is 721. The number of anilines is 2. The fraction of sp³-hybridized carbons (Fsp3) is 0.222. The third-order valence-corrected chi connectivity index (χ3v) is 3.69. The average molecular weight is 310 g/mol. The second-order valence-electron chi connectivity index (χ2n) is 5.53. The molecule has 1 aliphatic carbocycles. The van der Waals surface area contributed by atoms with Gasteiger partial charge in [-0.3, -0.25) is 9.59 Å². The van der Waals surface area contributed by atoms with Gasteiger partial charge in [0.05, 0.1) is 7.11 Å². The van der Waals surface area contributed by atoms with Gasteiger partial charge in [0, 0.05) is 22.9 Å². The van der Waals surface area contributed by atoms with Crippen LogP contribution in [0.3, 0.4) is 0 Å². The lowest BCUT2D eigenvalue weighted by Gasteiger charge is -2.08. The lowest BCUT2D eigenvalue weighted by Crippen LogP contribution is -2.14. The molecule has 5 nitrogen and oxygen atoms in total. The van der Waals surface area contributed by atoms with Gasteiger partial charge in [-0.2, -0.15) is 0 Å². The fourth-order valence-electron chi connectivity index (χ4n) is 2.19. The Morgan fingerprint density at radius 2 is 1.65 bits per heavy atom. The normalized spacial score (nSPS) is 13.3. The summed E-state index contributed by atoms with van der Waals surface area (Å²) in [6.07, 6.45) is 1.95. The van der Waals surface area contributed by atoms with Crippen molar-refractivity contribution in [3.63, 3.8) is 0 Å². The van der Waals surface area contributed by atoms with Crippen LogP contribution in [0.15, 0.2) is 48.5 Å². The van der Waals surface area contributed by atoms with E-state index in [1.54, 1.807) is 55.6 Å². The number of hydrogen-bond donors (Lipinski definition) is 2. The molecule has 118 valence electrons. The summed E-state index contributed by atoms with van der Waals surface area (Å²) in [5, 5.41) is 5.68. The zero-order valence-electron chi connectivity index (χ0n) is 12.8. The number of rotatable bonds is 5. The largest absolute Gasteiger partial charge is 0.497 e. The minimum Gasteiger partial charge on any atom is -0.497 e. The van der Waals surface area contributed by atoms with Crippen LogP contribution in [0.5, 0.6) is 5.75 Å². The molecule has 1 aliphatic rings. The van der Waals surface area contributed by atoms with E-state index in [1.165, 1.54) is 0 Å². The molecule has 5 heteroatoms. The summed E-state index contributed by atoms with van der Waals surface area (Å²) >= 11 is 0. The third-order valence-electron chi connectivity index (χ3n) is 3.69. The van der Waals surface area contributed by atoms with E-state index >= 15 is 0 Å². The van der Waals surface area contributed by atoms with Crippen LogP contribution < -0.4 is 15.4 Å². The highest BCUT2D eigenvalue weighted by atomic mass is 16.5. The Morgan fingerprint density at radius 1 is 1.00 bits per heavy atom. The molecule has 0 aromatic heterocycles. The van der Waals surface area contributed by atoms with Gasteiger partial charge in [-0.15, -0.1) is 0 Å². The number of nitrogens with one attached hydrogen (secondary N) is 2. The van der Waals surface area contributed by atoms with E-state index in [0.717, 1.165) is 18.5 Å². The van der Waals surface area contributed by atoms with Gasteiger partial charge >= 0.3 is 0 Å². The molecular formula is C18H18N2O3. The molecule has 2 amide bonds. The minimum absolute atomic E-state index is 0.0677. The molecule has 0 unspecified atom stereocenters. The lowest BCUT2D eigenvalue weighted by atomic mass is 10.2. The predicted molar refractivity (Wildman–Crippen MR) is 88.7 cm³/mol. The van der Waals surface area contributed by atoms with Gasteiger partial charge < -0.3 is 15.4 Å². The molecule has 0 radical (unpaired) electrons. The average Bonchev–Trinajstić information content (AvgIpc) is 3.41. The van der Waals surface area contributed by atoms with Gasteiger partial charge in [0.25, 0.3) is 5.91 Å². The Hall–Kier alpha value is -2.82. The molecular weight excluding hydrogens is 292 g/mol. The highest BCUT2D eigenvalue weighted by Crippen LogP contribution is 2.30. The topological polar surface area (TPSA) is 67.4 Å². The van der Waals surface area contributed by atoms with E-state index in [-0.39, 0.29) is 17.7 Å². The smallest absolute Gasteiger partial charge is 0.255 e. The maximum Gasteiger partial charge on any atom is 0.255 e. The van der Waals surface area contributed by atoms with Gasteiger partial charge in [-0.1, -0.05) is 6.07 Å². The fourth-order valence-corrected chi connectivity index (χ4v) is 2.19. The van der Waals surface area contributed by atoms with Crippen LogP contribution in [-0.2, 0) is 4.79 Å². The van der Waals surface area contributed by atoms with Gasteiger partial charge in [-0.25, -0.2) is 0 Å². The predicted octanol–water partition coefficient (Wildman–Crippen LogP) is 3.30. The number of hydrogen-bond acceptors (Lipinski definition) is 3. The number of methoxy groups -OCH3 is 1. The zero-order valence-corrected chi connectivity index (χ0v) is 12.8. The van der Waals surface area contributed by atoms with E-state index in [1.807, 2.05) is 0 Å². The Morgan fingerprint density at radius 3 is 2.26 bits per heavy atom. The molecule has 0 atom stereocenters. The maximum absolute atomic E-state index is 12.2. The Kier molecular flexibility index (Phi) is 4.28. The first-order chi connectivity index (χ1) is 11.2. The molecule has 1 saturated carbocycles.